The highest BCUT2D eigenvalue weighted by atomic mass is 32.2. The maximum absolute atomic E-state index is 12.5. The van der Waals surface area contributed by atoms with Gasteiger partial charge in [0.1, 0.15) is 22.1 Å². The molecule has 0 spiro atoms. The Bertz CT molecular complexity index is 1040. The Morgan fingerprint density at radius 1 is 1.03 bits per heavy atom. The van der Waals surface area contributed by atoms with Gasteiger partial charge in [0.15, 0.2) is 0 Å². The van der Waals surface area contributed by atoms with Crippen molar-refractivity contribution in [1.82, 2.24) is 0 Å². The molecule has 7 heteroatoms. The van der Waals surface area contributed by atoms with E-state index in [0.29, 0.717) is 22.8 Å². The third kappa shape index (κ3) is 4.80. The molecule has 154 valence electrons. The van der Waals surface area contributed by atoms with Gasteiger partial charge < -0.3 is 14.6 Å². The van der Waals surface area contributed by atoms with Crippen molar-refractivity contribution in [2.45, 2.75) is 13.8 Å². The van der Waals surface area contributed by atoms with Gasteiger partial charge in [-0.3, -0.25) is 4.79 Å². The van der Waals surface area contributed by atoms with E-state index in [0.717, 1.165) is 17.3 Å². The van der Waals surface area contributed by atoms with Gasteiger partial charge in [0.05, 0.1) is 18.1 Å². The number of ether oxygens (including phenoxy) is 2. The van der Waals surface area contributed by atoms with Crippen LogP contribution in [0.1, 0.15) is 29.8 Å². The molecule has 1 aliphatic rings. The molecule has 0 aromatic heterocycles. The van der Waals surface area contributed by atoms with Crippen LogP contribution in [0, 0.1) is 0 Å². The molecule has 1 aliphatic heterocycles. The Hall–Kier alpha value is -3.32. The molecule has 6 nitrogen and oxygen atoms in total. The van der Waals surface area contributed by atoms with Crippen LogP contribution in [0.15, 0.2) is 75.8 Å². The lowest BCUT2D eigenvalue weighted by Gasteiger charge is -2.07. The number of aliphatic hydroxyl groups excluding tert-OH is 1. The van der Waals surface area contributed by atoms with Gasteiger partial charge >= 0.3 is 5.97 Å². The second-order valence-corrected chi connectivity index (χ2v) is 7.14. The van der Waals surface area contributed by atoms with Crippen molar-refractivity contribution < 1.29 is 24.2 Å². The zero-order valence-corrected chi connectivity index (χ0v) is 17.4. The highest BCUT2D eigenvalue weighted by molar-refractivity contribution is 8.18. The van der Waals surface area contributed by atoms with Crippen LogP contribution in [0.25, 0.3) is 6.08 Å². The van der Waals surface area contributed by atoms with Crippen LogP contribution in [-0.2, 0) is 9.53 Å². The number of para-hydroxylation sites is 1. The van der Waals surface area contributed by atoms with Crippen molar-refractivity contribution in [3.05, 3.63) is 82.0 Å². The molecule has 2 aromatic carbocycles. The minimum absolute atomic E-state index is 0.0972. The molecule has 2 aromatic rings. The molecule has 0 radical (unpaired) electrons. The quantitative estimate of drug-likeness (QED) is 0.673. The molecule has 0 bridgehead atoms. The predicted octanol–water partition coefficient (Wildman–Crippen LogP) is 4.79. The van der Waals surface area contributed by atoms with Gasteiger partial charge in [0.25, 0.3) is 5.91 Å². The number of nitrogens with zero attached hydrogens (tertiary/aromatic N) is 1. The molecule has 1 heterocycles. The summed E-state index contributed by atoms with van der Waals surface area (Å²) in [5, 5.41) is 10.8. The summed E-state index contributed by atoms with van der Waals surface area (Å²) in [7, 11) is 0. The van der Waals surface area contributed by atoms with Crippen LogP contribution >= 0.6 is 11.8 Å². The number of esters is 1. The first kappa shape index (κ1) is 21.4. The third-order valence-corrected chi connectivity index (χ3v) is 5.12. The van der Waals surface area contributed by atoms with Gasteiger partial charge in [-0.2, -0.15) is 0 Å². The van der Waals surface area contributed by atoms with Crippen molar-refractivity contribution in [3.63, 3.8) is 0 Å². The van der Waals surface area contributed by atoms with E-state index in [9.17, 15) is 14.7 Å². The molecular weight excluding hydrogens is 402 g/mol. The SMILES string of the molecule is CCOC(=O)C1=C(O)/C(=C/c2ccccc2OCC)SC1=NC(=O)c1ccccc1. The number of aliphatic imine (C=N–C) groups is 1. The first-order valence-corrected chi connectivity index (χ1v) is 10.3. The Balaban J connectivity index is 2.03. The summed E-state index contributed by atoms with van der Waals surface area (Å²) in [4.78, 5) is 29.5. The van der Waals surface area contributed by atoms with E-state index < -0.39 is 11.9 Å². The van der Waals surface area contributed by atoms with Gasteiger partial charge in [0.2, 0.25) is 0 Å². The number of aliphatic hydroxyl groups is 1. The van der Waals surface area contributed by atoms with Crippen molar-refractivity contribution in [2.24, 2.45) is 4.99 Å². The maximum Gasteiger partial charge on any atom is 0.344 e. The van der Waals surface area contributed by atoms with Crippen LogP contribution in [0.2, 0.25) is 0 Å². The molecule has 0 aliphatic carbocycles. The summed E-state index contributed by atoms with van der Waals surface area (Å²) in [6.45, 7) is 4.16. The standard InChI is InChI=1S/C23H21NO5S/c1-3-28-17-13-9-8-12-16(17)14-18-20(25)19(23(27)29-4-2)22(30-18)24-21(26)15-10-6-5-7-11-15/h5-14,25H,3-4H2,1-2H3/b18-14-,24-22?. The molecule has 0 atom stereocenters. The summed E-state index contributed by atoms with van der Waals surface area (Å²) in [5.74, 6) is -0.874. The van der Waals surface area contributed by atoms with Crippen LogP contribution < -0.4 is 4.74 Å². The number of thioether (sulfide) groups is 1. The lowest BCUT2D eigenvalue weighted by atomic mass is 10.1. The Morgan fingerprint density at radius 3 is 2.43 bits per heavy atom. The fourth-order valence-corrected chi connectivity index (χ4v) is 3.76. The van der Waals surface area contributed by atoms with Gasteiger partial charge in [0, 0.05) is 11.1 Å². The molecule has 0 saturated carbocycles. The van der Waals surface area contributed by atoms with Crippen molar-refractivity contribution in [2.75, 3.05) is 13.2 Å². The second-order valence-electron chi connectivity index (χ2n) is 6.11. The first-order valence-electron chi connectivity index (χ1n) is 9.45. The largest absolute Gasteiger partial charge is 0.506 e. The zero-order valence-electron chi connectivity index (χ0n) is 16.6. The fourth-order valence-electron chi connectivity index (χ4n) is 2.76. The van der Waals surface area contributed by atoms with E-state index in [2.05, 4.69) is 4.99 Å². The molecule has 1 N–H and O–H groups in total. The molecule has 3 rings (SSSR count). The van der Waals surface area contributed by atoms with E-state index in [1.807, 2.05) is 31.2 Å². The summed E-state index contributed by atoms with van der Waals surface area (Å²) >= 11 is 1.04. The minimum Gasteiger partial charge on any atom is -0.506 e. The average Bonchev–Trinajstić information content (AvgIpc) is 3.05. The number of hydrogen-bond donors (Lipinski definition) is 1. The number of hydrogen-bond acceptors (Lipinski definition) is 6. The normalized spacial score (nSPS) is 16.2. The number of benzene rings is 2. The Labute approximate surface area is 178 Å². The Kier molecular flexibility index (Phi) is 7.08. The first-order chi connectivity index (χ1) is 14.5. The van der Waals surface area contributed by atoms with E-state index in [1.54, 1.807) is 43.3 Å². The predicted molar refractivity (Wildman–Crippen MR) is 118 cm³/mol. The number of carbonyl (C=O) groups is 2. The van der Waals surface area contributed by atoms with E-state index in [4.69, 9.17) is 9.47 Å². The van der Waals surface area contributed by atoms with E-state index in [-0.39, 0.29) is 23.0 Å². The second kappa shape index (κ2) is 9.93. The number of carbonyl (C=O) groups excluding carboxylic acids is 2. The molecule has 0 unspecified atom stereocenters. The van der Waals surface area contributed by atoms with Crippen LogP contribution in [0.5, 0.6) is 5.75 Å². The smallest absolute Gasteiger partial charge is 0.344 e. The van der Waals surface area contributed by atoms with Crippen LogP contribution in [0.3, 0.4) is 0 Å². The van der Waals surface area contributed by atoms with E-state index >= 15 is 0 Å². The minimum atomic E-state index is -0.733. The van der Waals surface area contributed by atoms with Crippen molar-refractivity contribution >= 4 is 34.8 Å². The van der Waals surface area contributed by atoms with E-state index in [1.165, 1.54) is 0 Å². The Morgan fingerprint density at radius 2 is 1.73 bits per heavy atom. The summed E-state index contributed by atoms with van der Waals surface area (Å²) in [6.07, 6.45) is 1.69. The number of amides is 1. The summed E-state index contributed by atoms with van der Waals surface area (Å²) in [6, 6.07) is 15.9. The topological polar surface area (TPSA) is 85.2 Å². The molecule has 0 saturated heterocycles. The lowest BCUT2D eigenvalue weighted by molar-refractivity contribution is -0.138. The molecule has 0 fully saturated rings. The molecule has 30 heavy (non-hydrogen) atoms. The van der Waals surface area contributed by atoms with Gasteiger partial charge in [-0.25, -0.2) is 9.79 Å². The highest BCUT2D eigenvalue weighted by Crippen LogP contribution is 2.40. The average molecular weight is 423 g/mol. The summed E-state index contributed by atoms with van der Waals surface area (Å²) < 4.78 is 10.7. The fraction of sp³-hybridized carbons (Fsp3) is 0.174. The monoisotopic (exact) mass is 423 g/mol. The highest BCUT2D eigenvalue weighted by Gasteiger charge is 2.34. The van der Waals surface area contributed by atoms with Crippen molar-refractivity contribution in [3.8, 4) is 5.75 Å². The molecule has 1 amide bonds. The summed E-state index contributed by atoms with van der Waals surface area (Å²) in [5.41, 5.74) is 0.992. The van der Waals surface area contributed by atoms with Gasteiger partial charge in [-0.1, -0.05) is 48.2 Å². The third-order valence-electron chi connectivity index (χ3n) is 4.10. The zero-order chi connectivity index (χ0) is 21.5. The molecular formula is C23H21NO5S. The van der Waals surface area contributed by atoms with Gasteiger partial charge in [-0.05, 0) is 38.1 Å². The van der Waals surface area contributed by atoms with Crippen molar-refractivity contribution in [1.29, 1.82) is 0 Å². The lowest BCUT2D eigenvalue weighted by Crippen LogP contribution is -2.14. The number of rotatable bonds is 6. The maximum atomic E-state index is 12.5. The van der Waals surface area contributed by atoms with Gasteiger partial charge in [-0.15, -0.1) is 0 Å². The van der Waals surface area contributed by atoms with Crippen LogP contribution in [-0.4, -0.2) is 35.2 Å². The van der Waals surface area contributed by atoms with Crippen LogP contribution in [0.4, 0.5) is 0 Å².